The first kappa shape index (κ1) is 16.1. The maximum absolute atomic E-state index is 13.5. The molecule has 0 atom stereocenters. The number of carbonyl (C=O) groups is 1. The van der Waals surface area contributed by atoms with Crippen LogP contribution >= 0.6 is 15.9 Å². The Balaban J connectivity index is 3.01. The molecule has 0 aromatic heterocycles. The minimum Gasteiger partial charge on any atom is -0.395 e. The van der Waals surface area contributed by atoms with Crippen molar-refractivity contribution >= 4 is 21.8 Å². The number of nitrogens with zero attached hydrogens (tertiary/aromatic N) is 1. The van der Waals surface area contributed by atoms with Crippen LogP contribution in [-0.4, -0.2) is 35.1 Å². The standard InChI is InChI=1S/C14H19BrFNO2/c1-3-11(4-2)17(7-8-18)14(19)10-5-6-12(15)13(16)9-10/h5-6,9,11,18H,3-4,7-8H2,1-2H3. The molecule has 0 saturated heterocycles. The van der Waals surface area contributed by atoms with Gasteiger partial charge < -0.3 is 10.0 Å². The zero-order valence-electron chi connectivity index (χ0n) is 11.2. The predicted octanol–water partition coefficient (Wildman–Crippen LogP) is 3.21. The fraction of sp³-hybridized carbons (Fsp3) is 0.500. The Morgan fingerprint density at radius 2 is 2.05 bits per heavy atom. The van der Waals surface area contributed by atoms with Crippen molar-refractivity contribution in [3.05, 3.63) is 34.1 Å². The van der Waals surface area contributed by atoms with Crippen molar-refractivity contribution < 1.29 is 14.3 Å². The van der Waals surface area contributed by atoms with E-state index in [9.17, 15) is 9.18 Å². The number of benzene rings is 1. The average molecular weight is 332 g/mol. The second kappa shape index (κ2) is 7.60. The lowest BCUT2D eigenvalue weighted by atomic mass is 10.1. The number of amides is 1. The molecule has 5 heteroatoms. The summed E-state index contributed by atoms with van der Waals surface area (Å²) < 4.78 is 13.8. The van der Waals surface area contributed by atoms with Crippen LogP contribution in [0.1, 0.15) is 37.0 Å². The van der Waals surface area contributed by atoms with Crippen molar-refractivity contribution in [1.29, 1.82) is 0 Å². The summed E-state index contributed by atoms with van der Waals surface area (Å²) in [5.41, 5.74) is 0.307. The Labute approximate surface area is 121 Å². The van der Waals surface area contributed by atoms with Crippen molar-refractivity contribution in [2.45, 2.75) is 32.7 Å². The Morgan fingerprint density at radius 1 is 1.42 bits per heavy atom. The van der Waals surface area contributed by atoms with E-state index in [4.69, 9.17) is 5.11 Å². The van der Waals surface area contributed by atoms with Crippen LogP contribution in [0, 0.1) is 5.82 Å². The van der Waals surface area contributed by atoms with Crippen molar-refractivity contribution in [2.75, 3.05) is 13.2 Å². The van der Waals surface area contributed by atoms with Gasteiger partial charge in [0.25, 0.3) is 5.91 Å². The summed E-state index contributed by atoms with van der Waals surface area (Å²) in [6.07, 6.45) is 1.61. The van der Waals surface area contributed by atoms with Gasteiger partial charge in [-0.2, -0.15) is 0 Å². The van der Waals surface area contributed by atoms with E-state index in [2.05, 4.69) is 15.9 Å². The third-order valence-electron chi connectivity index (χ3n) is 3.15. The number of hydrogen-bond donors (Lipinski definition) is 1. The summed E-state index contributed by atoms with van der Waals surface area (Å²) in [6, 6.07) is 4.39. The van der Waals surface area contributed by atoms with E-state index >= 15 is 0 Å². The Morgan fingerprint density at radius 3 is 2.53 bits per heavy atom. The van der Waals surface area contributed by atoms with Crippen LogP contribution in [0.2, 0.25) is 0 Å². The highest BCUT2D eigenvalue weighted by Gasteiger charge is 2.22. The molecule has 0 fully saturated rings. The molecule has 0 aliphatic heterocycles. The van der Waals surface area contributed by atoms with Crippen molar-refractivity contribution in [3.63, 3.8) is 0 Å². The van der Waals surface area contributed by atoms with Gasteiger partial charge in [0.1, 0.15) is 5.82 Å². The molecule has 1 aromatic rings. The highest BCUT2D eigenvalue weighted by molar-refractivity contribution is 9.10. The summed E-state index contributed by atoms with van der Waals surface area (Å²) in [5, 5.41) is 9.10. The Kier molecular flexibility index (Phi) is 6.45. The van der Waals surface area contributed by atoms with Gasteiger partial charge in [-0.25, -0.2) is 4.39 Å². The normalized spacial score (nSPS) is 10.8. The lowest BCUT2D eigenvalue weighted by Crippen LogP contribution is -2.41. The van der Waals surface area contributed by atoms with Gasteiger partial charge in [-0.15, -0.1) is 0 Å². The fourth-order valence-electron chi connectivity index (χ4n) is 2.08. The lowest BCUT2D eigenvalue weighted by molar-refractivity contribution is 0.0622. The number of aliphatic hydroxyl groups is 1. The molecule has 1 amide bonds. The topological polar surface area (TPSA) is 40.5 Å². The van der Waals surface area contributed by atoms with Crippen LogP contribution in [0.5, 0.6) is 0 Å². The third kappa shape index (κ3) is 4.01. The number of carbonyl (C=O) groups excluding carboxylic acids is 1. The molecule has 0 radical (unpaired) electrons. The van der Waals surface area contributed by atoms with Crippen LogP contribution in [0.4, 0.5) is 4.39 Å². The largest absolute Gasteiger partial charge is 0.395 e. The molecule has 0 aliphatic rings. The van der Waals surface area contributed by atoms with Crippen molar-refractivity contribution in [3.8, 4) is 0 Å². The maximum atomic E-state index is 13.5. The average Bonchev–Trinajstić information content (AvgIpc) is 2.41. The van der Waals surface area contributed by atoms with Gasteiger partial charge in [-0.3, -0.25) is 4.79 Å². The van der Waals surface area contributed by atoms with Crippen LogP contribution in [0.15, 0.2) is 22.7 Å². The molecule has 0 unspecified atom stereocenters. The van der Waals surface area contributed by atoms with Gasteiger partial charge in [0.05, 0.1) is 11.1 Å². The molecule has 0 saturated carbocycles. The van der Waals surface area contributed by atoms with Crippen molar-refractivity contribution in [2.24, 2.45) is 0 Å². The van der Waals surface area contributed by atoms with Gasteiger partial charge >= 0.3 is 0 Å². The Hall–Kier alpha value is -0.940. The molecule has 0 bridgehead atoms. The molecule has 1 aromatic carbocycles. The zero-order valence-corrected chi connectivity index (χ0v) is 12.8. The van der Waals surface area contributed by atoms with E-state index in [1.54, 1.807) is 11.0 Å². The minimum atomic E-state index is -0.459. The minimum absolute atomic E-state index is 0.0614. The summed E-state index contributed by atoms with van der Waals surface area (Å²) in [6.45, 7) is 4.16. The monoisotopic (exact) mass is 331 g/mol. The molecule has 19 heavy (non-hydrogen) atoms. The quantitative estimate of drug-likeness (QED) is 0.869. The van der Waals surface area contributed by atoms with Gasteiger partial charge in [-0.05, 0) is 47.0 Å². The molecular formula is C14H19BrFNO2. The van der Waals surface area contributed by atoms with Crippen LogP contribution in [0.25, 0.3) is 0 Å². The smallest absolute Gasteiger partial charge is 0.254 e. The third-order valence-corrected chi connectivity index (χ3v) is 3.79. The van der Waals surface area contributed by atoms with Gasteiger partial charge in [0.15, 0.2) is 0 Å². The van der Waals surface area contributed by atoms with Gasteiger partial charge in [-0.1, -0.05) is 13.8 Å². The number of rotatable bonds is 6. The van der Waals surface area contributed by atoms with Crippen LogP contribution < -0.4 is 0 Å². The Bertz CT molecular complexity index is 435. The zero-order chi connectivity index (χ0) is 14.4. The highest BCUT2D eigenvalue weighted by atomic mass is 79.9. The highest BCUT2D eigenvalue weighted by Crippen LogP contribution is 2.19. The first-order chi connectivity index (χ1) is 9.04. The van der Waals surface area contributed by atoms with E-state index in [1.807, 2.05) is 13.8 Å². The summed E-state index contributed by atoms with van der Waals surface area (Å²) in [4.78, 5) is 14.0. The molecule has 106 valence electrons. The fourth-order valence-corrected chi connectivity index (χ4v) is 2.33. The molecule has 0 spiro atoms. The number of halogens is 2. The SMILES string of the molecule is CCC(CC)N(CCO)C(=O)c1ccc(Br)c(F)c1. The second-order valence-electron chi connectivity index (χ2n) is 4.32. The van der Waals surface area contributed by atoms with Crippen molar-refractivity contribution in [1.82, 2.24) is 4.90 Å². The first-order valence-corrected chi connectivity index (χ1v) is 7.21. The van der Waals surface area contributed by atoms with E-state index in [0.717, 1.165) is 12.8 Å². The second-order valence-corrected chi connectivity index (χ2v) is 5.18. The number of aliphatic hydroxyl groups excluding tert-OH is 1. The molecular weight excluding hydrogens is 313 g/mol. The van der Waals surface area contributed by atoms with Crippen LogP contribution in [0.3, 0.4) is 0 Å². The first-order valence-electron chi connectivity index (χ1n) is 6.42. The molecule has 0 aliphatic carbocycles. The molecule has 3 nitrogen and oxygen atoms in total. The van der Waals surface area contributed by atoms with E-state index < -0.39 is 5.82 Å². The molecule has 1 N–H and O–H groups in total. The van der Waals surface area contributed by atoms with E-state index in [0.29, 0.717) is 10.0 Å². The van der Waals surface area contributed by atoms with Gasteiger partial charge in [0, 0.05) is 18.2 Å². The summed E-state index contributed by atoms with van der Waals surface area (Å²) >= 11 is 3.06. The molecule has 1 rings (SSSR count). The molecule has 0 heterocycles. The predicted molar refractivity (Wildman–Crippen MR) is 76.6 cm³/mol. The summed E-state index contributed by atoms with van der Waals surface area (Å²) in [7, 11) is 0. The number of hydrogen-bond acceptors (Lipinski definition) is 2. The maximum Gasteiger partial charge on any atom is 0.254 e. The lowest BCUT2D eigenvalue weighted by Gasteiger charge is -2.30. The van der Waals surface area contributed by atoms with Gasteiger partial charge in [0.2, 0.25) is 0 Å². The van der Waals surface area contributed by atoms with Crippen LogP contribution in [-0.2, 0) is 0 Å². The van der Waals surface area contributed by atoms with E-state index in [1.165, 1.54) is 12.1 Å². The van der Waals surface area contributed by atoms with E-state index in [-0.39, 0.29) is 25.1 Å². The summed E-state index contributed by atoms with van der Waals surface area (Å²) in [5.74, 6) is -0.700.